The van der Waals surface area contributed by atoms with Crippen LogP contribution in [0.2, 0.25) is 0 Å². The number of phosphoric acid groups is 2. The average molecular weight is 1510 g/mol. The number of hydrogen-bond donors (Lipinski definition) is 3. The Labute approximate surface area is 632 Å². The third kappa shape index (κ3) is 74.0. The smallest absolute Gasteiger partial charge is 0.462 e. The van der Waals surface area contributed by atoms with Crippen molar-refractivity contribution in [2.75, 3.05) is 39.6 Å². The first-order valence-electron chi connectivity index (χ1n) is 43.5. The number of phosphoric ester groups is 2. The van der Waals surface area contributed by atoms with Crippen LogP contribution in [0.25, 0.3) is 0 Å². The summed E-state index contributed by atoms with van der Waals surface area (Å²) in [6, 6.07) is 0. The van der Waals surface area contributed by atoms with Crippen molar-refractivity contribution in [3.05, 3.63) is 0 Å². The first-order chi connectivity index (χ1) is 49.8. The maximum atomic E-state index is 13.1. The fraction of sp³-hybridized carbons (Fsp3) is 0.952. The van der Waals surface area contributed by atoms with Gasteiger partial charge < -0.3 is 33.8 Å². The van der Waals surface area contributed by atoms with Gasteiger partial charge in [-0.25, -0.2) is 9.13 Å². The van der Waals surface area contributed by atoms with Crippen LogP contribution >= 0.6 is 15.6 Å². The maximum absolute atomic E-state index is 13.1. The molecule has 0 bridgehead atoms. The van der Waals surface area contributed by atoms with Crippen LogP contribution in [0.4, 0.5) is 0 Å². The van der Waals surface area contributed by atoms with Crippen LogP contribution in [0.1, 0.15) is 440 Å². The van der Waals surface area contributed by atoms with Crippen molar-refractivity contribution in [1.82, 2.24) is 0 Å². The minimum Gasteiger partial charge on any atom is -0.462 e. The Balaban J connectivity index is 5.21. The molecule has 19 heteroatoms. The van der Waals surface area contributed by atoms with Crippen molar-refractivity contribution in [2.24, 2.45) is 17.8 Å². The van der Waals surface area contributed by atoms with Crippen molar-refractivity contribution in [3.63, 3.8) is 0 Å². The number of rotatable bonds is 82. The number of ether oxygens (including phenoxy) is 4. The molecule has 0 heterocycles. The predicted molar refractivity (Wildman–Crippen MR) is 423 cm³/mol. The van der Waals surface area contributed by atoms with Crippen molar-refractivity contribution in [1.29, 1.82) is 0 Å². The molecule has 3 N–H and O–H groups in total. The van der Waals surface area contributed by atoms with Crippen molar-refractivity contribution in [3.8, 4) is 0 Å². The third-order valence-electron chi connectivity index (χ3n) is 20.7. The number of unbranched alkanes of at least 4 members (excludes halogenated alkanes) is 47. The second kappa shape index (κ2) is 74.2. The molecule has 0 saturated heterocycles. The summed E-state index contributed by atoms with van der Waals surface area (Å²) in [5, 5.41) is 10.7. The van der Waals surface area contributed by atoms with Crippen LogP contribution in [-0.2, 0) is 65.4 Å². The van der Waals surface area contributed by atoms with Crippen LogP contribution in [0.15, 0.2) is 0 Å². The SMILES string of the molecule is CCCCCCCCCCCCCCCCCCCCCC(=O)OC[C@H](COP(=O)(O)OC[C@@H](O)COP(=O)(O)OC[C@@H](COC(=O)CCCCCCCCC(C)CC)OC(=O)CCCCCCCCCCC(C)CC)OC(=O)CCCCCCCCCCCCCCCCCCCCC(C)CC. The first kappa shape index (κ1) is 101. The Morgan fingerprint density at radius 3 is 0.689 bits per heavy atom. The fourth-order valence-electron chi connectivity index (χ4n) is 12.9. The molecule has 0 fully saturated rings. The lowest BCUT2D eigenvalue weighted by molar-refractivity contribution is -0.161. The number of aliphatic hydroxyl groups excluding tert-OH is 1. The molecule has 0 aromatic heterocycles. The summed E-state index contributed by atoms with van der Waals surface area (Å²) in [7, 11) is -9.92. The third-order valence-corrected chi connectivity index (χ3v) is 22.6. The molecule has 5 unspecified atom stereocenters. The predicted octanol–water partition coefficient (Wildman–Crippen LogP) is 25.3. The summed E-state index contributed by atoms with van der Waals surface area (Å²) in [6.45, 7) is 12.0. The number of carbonyl (C=O) groups excluding carboxylic acids is 4. The van der Waals surface area contributed by atoms with Crippen LogP contribution < -0.4 is 0 Å². The Hall–Kier alpha value is -1.94. The summed E-state index contributed by atoms with van der Waals surface area (Å²) in [5.74, 6) is 0.260. The van der Waals surface area contributed by atoms with Crippen LogP contribution in [0.3, 0.4) is 0 Å². The summed E-state index contributed by atoms with van der Waals surface area (Å²) < 4.78 is 68.8. The summed E-state index contributed by atoms with van der Waals surface area (Å²) >= 11 is 0. The van der Waals surface area contributed by atoms with Gasteiger partial charge in [0.2, 0.25) is 0 Å². The molecule has 0 aromatic carbocycles. The molecule has 8 atom stereocenters. The van der Waals surface area contributed by atoms with E-state index in [1.807, 2.05) is 0 Å². The lowest BCUT2D eigenvalue weighted by Gasteiger charge is -2.21. The lowest BCUT2D eigenvalue weighted by atomic mass is 9.99. The summed E-state index contributed by atoms with van der Waals surface area (Å²) in [6.07, 6.45) is 64.0. The minimum absolute atomic E-state index is 0.104. The van der Waals surface area contributed by atoms with E-state index in [0.29, 0.717) is 25.7 Å². The number of aliphatic hydroxyl groups is 1. The van der Waals surface area contributed by atoms with E-state index in [9.17, 15) is 43.2 Å². The zero-order valence-corrected chi connectivity index (χ0v) is 69.6. The van der Waals surface area contributed by atoms with E-state index < -0.39 is 97.5 Å². The van der Waals surface area contributed by atoms with Crippen molar-refractivity contribution < 1.29 is 80.2 Å². The topological polar surface area (TPSA) is 237 Å². The molecule has 0 spiro atoms. The fourth-order valence-corrected chi connectivity index (χ4v) is 14.5. The quantitative estimate of drug-likeness (QED) is 0.0222. The van der Waals surface area contributed by atoms with E-state index in [1.165, 1.54) is 244 Å². The van der Waals surface area contributed by atoms with E-state index in [4.69, 9.17) is 37.0 Å². The van der Waals surface area contributed by atoms with Gasteiger partial charge in [0, 0.05) is 25.7 Å². The molecule has 0 saturated carbocycles. The van der Waals surface area contributed by atoms with Gasteiger partial charge in [-0.05, 0) is 43.4 Å². The van der Waals surface area contributed by atoms with Crippen LogP contribution in [-0.4, -0.2) is 96.7 Å². The molecule has 0 aliphatic heterocycles. The Kier molecular flexibility index (Phi) is 72.8. The normalized spacial score (nSPS) is 14.7. The van der Waals surface area contributed by atoms with Gasteiger partial charge >= 0.3 is 39.5 Å². The van der Waals surface area contributed by atoms with E-state index in [0.717, 1.165) is 114 Å². The second-order valence-electron chi connectivity index (χ2n) is 30.9. The number of hydrogen-bond acceptors (Lipinski definition) is 15. The first-order valence-corrected chi connectivity index (χ1v) is 46.5. The monoisotopic (exact) mass is 1510 g/mol. The zero-order chi connectivity index (χ0) is 75.8. The molecule has 0 amide bonds. The number of esters is 4. The zero-order valence-electron chi connectivity index (χ0n) is 67.8. The van der Waals surface area contributed by atoms with Crippen molar-refractivity contribution in [2.45, 2.75) is 458 Å². The molecular weight excluding hydrogens is 1340 g/mol. The standard InChI is InChI=1S/C84H164O17P2/c1-8-12-13-14-15-16-17-18-19-20-21-25-28-31-34-37-43-51-58-65-81(86)94-71-79(100-83(88)67-60-53-44-38-35-32-29-26-23-22-24-27-30-33-36-41-48-55-62-75(5)9-2)73-98-102(90,91)96-69-78(85)70-97-103(92,93)99-74-80(72-95-82(87)66-59-52-47-46-50-57-64-77(7)11-4)101-84(89)68-61-54-45-40-39-42-49-56-63-76(6)10-3/h75-80,85H,8-74H2,1-7H3,(H,90,91)(H,92,93)/t75?,76?,77?,78-,79-,80-/m1/s1. The van der Waals surface area contributed by atoms with Gasteiger partial charge in [-0.15, -0.1) is 0 Å². The average Bonchev–Trinajstić information content (AvgIpc) is 0.930. The Morgan fingerprint density at radius 2 is 0.466 bits per heavy atom. The van der Waals surface area contributed by atoms with Gasteiger partial charge in [-0.2, -0.15) is 0 Å². The molecule has 612 valence electrons. The van der Waals surface area contributed by atoms with Gasteiger partial charge in [-0.3, -0.25) is 37.3 Å². The largest absolute Gasteiger partial charge is 0.472 e. The molecule has 0 aromatic rings. The molecule has 0 aliphatic carbocycles. The molecule has 103 heavy (non-hydrogen) atoms. The van der Waals surface area contributed by atoms with Crippen molar-refractivity contribution >= 4 is 39.5 Å². The highest BCUT2D eigenvalue weighted by atomic mass is 31.2. The summed E-state index contributed by atoms with van der Waals surface area (Å²) in [5.41, 5.74) is 0. The van der Waals surface area contributed by atoms with E-state index in [2.05, 4.69) is 48.5 Å². The molecule has 17 nitrogen and oxygen atoms in total. The highest BCUT2D eigenvalue weighted by Crippen LogP contribution is 2.45. The van der Waals surface area contributed by atoms with E-state index in [1.54, 1.807) is 0 Å². The van der Waals surface area contributed by atoms with Crippen LogP contribution in [0.5, 0.6) is 0 Å². The molecular formula is C84H164O17P2. The van der Waals surface area contributed by atoms with Gasteiger partial charge in [0.15, 0.2) is 12.2 Å². The second-order valence-corrected chi connectivity index (χ2v) is 33.9. The number of carbonyl (C=O) groups is 4. The van der Waals surface area contributed by atoms with Crippen LogP contribution in [0, 0.1) is 17.8 Å². The van der Waals surface area contributed by atoms with Gasteiger partial charge in [0.1, 0.15) is 19.3 Å². The highest BCUT2D eigenvalue weighted by Gasteiger charge is 2.30. The maximum Gasteiger partial charge on any atom is 0.472 e. The Bertz CT molecular complexity index is 2000. The molecule has 0 aliphatic rings. The van der Waals surface area contributed by atoms with E-state index in [-0.39, 0.29) is 25.7 Å². The summed E-state index contributed by atoms with van der Waals surface area (Å²) in [4.78, 5) is 73.1. The Morgan fingerprint density at radius 1 is 0.272 bits per heavy atom. The molecule has 0 radical (unpaired) electrons. The minimum atomic E-state index is -4.97. The van der Waals surface area contributed by atoms with Gasteiger partial charge in [0.05, 0.1) is 26.4 Å². The highest BCUT2D eigenvalue weighted by molar-refractivity contribution is 7.47. The molecule has 0 rings (SSSR count). The van der Waals surface area contributed by atoms with E-state index >= 15 is 0 Å². The van der Waals surface area contributed by atoms with Gasteiger partial charge in [0.25, 0.3) is 0 Å². The van der Waals surface area contributed by atoms with Gasteiger partial charge in [-0.1, -0.05) is 389 Å². The lowest BCUT2D eigenvalue weighted by Crippen LogP contribution is -2.30.